The Kier molecular flexibility index (Phi) is 19.6. The second-order valence-corrected chi connectivity index (χ2v) is 21.1. The van der Waals surface area contributed by atoms with Crippen LogP contribution < -0.4 is 16.4 Å². The van der Waals surface area contributed by atoms with Gasteiger partial charge >= 0.3 is 5.97 Å². The average Bonchev–Trinajstić information content (AvgIpc) is 3.69. The molecular weight excluding hydrogens is 783 g/mol. The van der Waals surface area contributed by atoms with Crippen molar-refractivity contribution in [2.24, 2.45) is 52.3 Å². The number of unbranched alkanes of at least 4 members (excludes halogenated alkanes) is 1. The molecule has 0 saturated heterocycles. The summed E-state index contributed by atoms with van der Waals surface area (Å²) in [5.41, 5.74) is 10.4. The number of ether oxygens (including phenoxy) is 1. The number of esters is 1. The molecule has 10 nitrogen and oxygen atoms in total. The van der Waals surface area contributed by atoms with Crippen LogP contribution in [-0.4, -0.2) is 78.0 Å². The van der Waals surface area contributed by atoms with Gasteiger partial charge in [-0.15, -0.1) is 0 Å². The number of hydrogen-bond donors (Lipinski definition) is 3. The average molecular weight is 872 g/mol. The van der Waals surface area contributed by atoms with Gasteiger partial charge in [0.2, 0.25) is 5.91 Å². The summed E-state index contributed by atoms with van der Waals surface area (Å²) in [5, 5.41) is 6.52. The monoisotopic (exact) mass is 872 g/mol. The van der Waals surface area contributed by atoms with Crippen LogP contribution in [0.4, 0.5) is 11.4 Å². The minimum atomic E-state index is -0.213. The van der Waals surface area contributed by atoms with Gasteiger partial charge in [0.25, 0.3) is 0 Å². The third-order valence-electron chi connectivity index (χ3n) is 16.5. The SMILES string of the molecule is CC.CC(C)CCC[C@@H](C)[C@H]1CC[C@@H]2C1CC[C@@]1(C)C2CCC2CC(OC(=O)CCC(=O)NCCCCNc3ccnc(CN(C)CCN(C)Cc4cc(N)ccn4)c3)CCC21C. The summed E-state index contributed by atoms with van der Waals surface area (Å²) in [6, 6.07) is 7.85. The maximum Gasteiger partial charge on any atom is 0.306 e. The van der Waals surface area contributed by atoms with Gasteiger partial charge in [-0.25, -0.2) is 0 Å². The molecule has 0 bridgehead atoms. The first-order chi connectivity index (χ1) is 30.2. The number of likely N-dealkylation sites (N-methyl/N-ethyl adjacent to an activating group) is 2. The summed E-state index contributed by atoms with van der Waals surface area (Å²) in [5.74, 6) is 5.68. The molecule has 1 amide bonds. The maximum atomic E-state index is 13.0. The predicted octanol–water partition coefficient (Wildman–Crippen LogP) is 10.8. The van der Waals surface area contributed by atoms with E-state index in [1.165, 1.54) is 57.8 Å². The normalized spacial score (nSPS) is 28.1. The lowest BCUT2D eigenvalue weighted by Crippen LogP contribution is -2.58. The van der Waals surface area contributed by atoms with Crippen molar-refractivity contribution in [1.82, 2.24) is 25.1 Å². The Morgan fingerprint density at radius 3 is 2.21 bits per heavy atom. The lowest BCUT2D eigenvalue weighted by Gasteiger charge is -2.65. The van der Waals surface area contributed by atoms with E-state index in [1.54, 1.807) is 6.20 Å². The number of hydrogen-bond acceptors (Lipinski definition) is 9. The number of anilines is 2. The van der Waals surface area contributed by atoms with E-state index < -0.39 is 0 Å². The summed E-state index contributed by atoms with van der Waals surface area (Å²) in [7, 11) is 4.21. The highest BCUT2D eigenvalue weighted by Crippen LogP contribution is 2.70. The number of pyridine rings is 2. The highest BCUT2D eigenvalue weighted by molar-refractivity contribution is 5.81. The Balaban J connectivity index is 0.00000369. The van der Waals surface area contributed by atoms with E-state index >= 15 is 0 Å². The molecule has 4 aliphatic rings. The van der Waals surface area contributed by atoms with Crippen molar-refractivity contribution >= 4 is 23.3 Å². The molecular formula is C53H89N7O3. The minimum absolute atomic E-state index is 0.00582. The lowest BCUT2D eigenvalue weighted by molar-refractivity contribution is -0.181. The Morgan fingerprint density at radius 1 is 0.810 bits per heavy atom. The Labute approximate surface area is 383 Å². The largest absolute Gasteiger partial charge is 0.462 e. The van der Waals surface area contributed by atoms with Crippen LogP contribution in [0.25, 0.3) is 0 Å². The number of rotatable bonds is 22. The molecule has 4 saturated carbocycles. The third kappa shape index (κ3) is 13.9. The van der Waals surface area contributed by atoms with Crippen molar-refractivity contribution < 1.29 is 14.3 Å². The molecule has 6 rings (SSSR count). The first kappa shape index (κ1) is 50.8. The van der Waals surface area contributed by atoms with E-state index in [4.69, 9.17) is 10.5 Å². The van der Waals surface area contributed by atoms with Crippen LogP contribution in [0.1, 0.15) is 163 Å². The van der Waals surface area contributed by atoms with E-state index in [0.29, 0.717) is 23.3 Å². The summed E-state index contributed by atoms with van der Waals surface area (Å²) >= 11 is 0. The summed E-state index contributed by atoms with van der Waals surface area (Å²) in [6.45, 7) is 21.3. The molecule has 9 atom stereocenters. The third-order valence-corrected chi connectivity index (χ3v) is 16.5. The summed E-state index contributed by atoms with van der Waals surface area (Å²) in [4.78, 5) is 39.2. The highest BCUT2D eigenvalue weighted by atomic mass is 16.5. The number of nitrogen functional groups attached to an aromatic ring is 1. The fourth-order valence-electron chi connectivity index (χ4n) is 12.8. The number of amides is 1. The first-order valence-electron chi connectivity index (χ1n) is 25.5. The Morgan fingerprint density at radius 2 is 1.49 bits per heavy atom. The van der Waals surface area contributed by atoms with E-state index in [0.717, 1.165) is 123 Å². The molecule has 10 heteroatoms. The highest BCUT2D eigenvalue weighted by Gasteiger charge is 2.62. The van der Waals surface area contributed by atoms with Crippen molar-refractivity contribution in [2.75, 3.05) is 51.3 Å². The molecule has 2 aromatic rings. The number of carbonyl (C=O) groups is 2. The van der Waals surface area contributed by atoms with E-state index in [9.17, 15) is 9.59 Å². The predicted molar refractivity (Wildman–Crippen MR) is 260 cm³/mol. The summed E-state index contributed by atoms with van der Waals surface area (Å²) < 4.78 is 6.09. The standard InChI is InChI=1S/C51H83N7O3.C2H6/c1-36(2)11-10-12-37(3)44-14-15-46-45(44)20-24-51(5)47(46)16-13-38-31-43(19-23-50(38,51)4)61-49(60)18-17-48(59)56-26-9-8-25-53-40-22-28-55-42(33-40)35-58(7)30-29-57(6)34-41-32-39(52)21-27-54-41;1-2/h21-22,27-28,32-33,36-38,43-47H,8-20,23-26,29-31,34-35H2,1-7H3,(H2,52,54)(H,53,55)(H,56,59);1-2H3/t37-,38?,43?,44-,45?,46-,47?,50?,51+;/m1./s1. The lowest BCUT2D eigenvalue weighted by atomic mass is 9.40. The quantitative estimate of drug-likeness (QED) is 0.0783. The molecule has 4 N–H and O–H groups in total. The second kappa shape index (κ2) is 24.3. The first-order valence-corrected chi connectivity index (χ1v) is 25.5. The van der Waals surface area contributed by atoms with Crippen LogP contribution in [-0.2, 0) is 27.4 Å². The van der Waals surface area contributed by atoms with Crippen LogP contribution in [0.15, 0.2) is 36.7 Å². The van der Waals surface area contributed by atoms with E-state index in [2.05, 4.69) is 85.2 Å². The van der Waals surface area contributed by atoms with Gasteiger partial charge in [-0.1, -0.05) is 67.7 Å². The molecule has 5 unspecified atom stereocenters. The van der Waals surface area contributed by atoms with Crippen molar-refractivity contribution in [3.05, 3.63) is 48.0 Å². The molecule has 0 aliphatic heterocycles. The molecule has 2 aromatic heterocycles. The van der Waals surface area contributed by atoms with Crippen molar-refractivity contribution in [3.63, 3.8) is 0 Å². The van der Waals surface area contributed by atoms with Crippen LogP contribution in [0.5, 0.6) is 0 Å². The topological polar surface area (TPSA) is 126 Å². The van der Waals surface area contributed by atoms with Gasteiger partial charge in [0, 0.05) is 69.5 Å². The molecule has 63 heavy (non-hydrogen) atoms. The van der Waals surface area contributed by atoms with Gasteiger partial charge in [0.15, 0.2) is 0 Å². The second-order valence-electron chi connectivity index (χ2n) is 21.1. The van der Waals surface area contributed by atoms with Crippen LogP contribution in [0.2, 0.25) is 0 Å². The minimum Gasteiger partial charge on any atom is -0.462 e. The van der Waals surface area contributed by atoms with Crippen LogP contribution in [0, 0.1) is 52.3 Å². The molecule has 2 heterocycles. The smallest absolute Gasteiger partial charge is 0.306 e. The Bertz CT molecular complexity index is 1710. The van der Waals surface area contributed by atoms with Gasteiger partial charge in [0.05, 0.1) is 17.8 Å². The number of nitrogens with zero attached hydrogens (tertiary/aromatic N) is 4. The number of aromatic nitrogens is 2. The van der Waals surface area contributed by atoms with E-state index in [1.807, 2.05) is 38.2 Å². The van der Waals surface area contributed by atoms with Gasteiger partial charge in [0.1, 0.15) is 6.10 Å². The zero-order valence-corrected chi connectivity index (χ0v) is 41.2. The van der Waals surface area contributed by atoms with Crippen molar-refractivity contribution in [3.8, 4) is 0 Å². The van der Waals surface area contributed by atoms with Crippen LogP contribution >= 0.6 is 0 Å². The zero-order valence-electron chi connectivity index (χ0n) is 41.2. The fraction of sp³-hybridized carbons (Fsp3) is 0.774. The molecule has 0 aromatic carbocycles. The summed E-state index contributed by atoms with van der Waals surface area (Å²) in [6.07, 6.45) is 21.4. The molecule has 4 fully saturated rings. The Hall–Kier alpha value is -3.24. The van der Waals surface area contributed by atoms with Crippen molar-refractivity contribution in [2.45, 2.75) is 170 Å². The van der Waals surface area contributed by atoms with Gasteiger partial charge in [-0.3, -0.25) is 29.4 Å². The van der Waals surface area contributed by atoms with Crippen molar-refractivity contribution in [1.29, 1.82) is 0 Å². The number of carbonyl (C=O) groups excluding carboxylic acids is 2. The van der Waals surface area contributed by atoms with Gasteiger partial charge in [-0.2, -0.15) is 0 Å². The zero-order chi connectivity index (χ0) is 45.6. The number of nitrogens with two attached hydrogens (primary N) is 1. The molecule has 354 valence electrons. The number of fused-ring (bicyclic) bond motifs is 5. The molecule has 4 aliphatic carbocycles. The molecule has 0 spiro atoms. The van der Waals surface area contributed by atoms with E-state index in [-0.39, 0.29) is 30.8 Å². The van der Waals surface area contributed by atoms with Crippen LogP contribution in [0.3, 0.4) is 0 Å². The van der Waals surface area contributed by atoms with Gasteiger partial charge in [-0.05, 0) is 161 Å². The number of nitrogens with one attached hydrogen (secondary N) is 2. The van der Waals surface area contributed by atoms with Gasteiger partial charge < -0.3 is 21.1 Å². The molecule has 0 radical (unpaired) electrons. The maximum absolute atomic E-state index is 13.0. The fourth-order valence-corrected chi connectivity index (χ4v) is 12.8.